The predicted molar refractivity (Wildman–Crippen MR) is 119 cm³/mol. The monoisotopic (exact) mass is 443 g/mol. The maximum Gasteiger partial charge on any atom is 0.246 e. The number of morpholine rings is 1. The maximum absolute atomic E-state index is 13.5. The molecule has 2 aliphatic rings. The molecule has 2 saturated heterocycles. The molecule has 0 saturated carbocycles. The number of ether oxygens (including phenoxy) is 2. The molecule has 1 N–H and O–H groups in total. The molecule has 170 valence electrons. The van der Waals surface area contributed by atoms with E-state index in [9.17, 15) is 8.78 Å². The van der Waals surface area contributed by atoms with Gasteiger partial charge in [-0.2, -0.15) is 4.98 Å². The smallest absolute Gasteiger partial charge is 0.246 e. The van der Waals surface area contributed by atoms with Gasteiger partial charge in [0, 0.05) is 38.6 Å². The minimum atomic E-state index is -0.667. The number of aromatic nitrogens is 3. The van der Waals surface area contributed by atoms with Crippen LogP contribution >= 0.6 is 0 Å². The van der Waals surface area contributed by atoms with Crippen LogP contribution in [0.5, 0.6) is 0 Å². The number of rotatable bonds is 5. The van der Waals surface area contributed by atoms with Gasteiger partial charge in [-0.25, -0.2) is 13.5 Å². The summed E-state index contributed by atoms with van der Waals surface area (Å²) in [5, 5.41) is 7.50. The van der Waals surface area contributed by atoms with Gasteiger partial charge in [-0.05, 0) is 55.7 Å². The van der Waals surface area contributed by atoms with Gasteiger partial charge in [-0.3, -0.25) is 0 Å². The molecule has 2 unspecified atom stereocenters. The molecule has 0 radical (unpaired) electrons. The zero-order valence-corrected chi connectivity index (χ0v) is 17.8. The van der Waals surface area contributed by atoms with E-state index in [0.717, 1.165) is 55.5 Å². The number of hydrogen-bond donors (Lipinski definition) is 1. The Labute approximate surface area is 186 Å². The van der Waals surface area contributed by atoms with Crippen molar-refractivity contribution >= 4 is 17.3 Å². The molecule has 2 aliphatic heterocycles. The average molecular weight is 443 g/mol. The molecule has 32 heavy (non-hydrogen) atoms. The van der Waals surface area contributed by atoms with E-state index in [1.54, 1.807) is 0 Å². The highest BCUT2D eigenvalue weighted by atomic mass is 19.1. The Morgan fingerprint density at radius 3 is 2.59 bits per heavy atom. The molecule has 0 spiro atoms. The SMILES string of the molecule is Cc1cc(Nc2ncn(-c3cc(F)cc(F)c3)n2)cc(N2CCOC(C3CCCO3)C2)c1.[HH]. The summed E-state index contributed by atoms with van der Waals surface area (Å²) in [6.07, 6.45) is 3.79. The highest BCUT2D eigenvalue weighted by Crippen LogP contribution is 2.28. The Morgan fingerprint density at radius 2 is 1.81 bits per heavy atom. The number of nitrogens with one attached hydrogen (secondary N) is 1. The van der Waals surface area contributed by atoms with E-state index in [4.69, 9.17) is 9.47 Å². The quantitative estimate of drug-likeness (QED) is 0.637. The van der Waals surface area contributed by atoms with Crippen LogP contribution in [0.4, 0.5) is 26.1 Å². The normalized spacial score (nSPS) is 21.2. The number of hydrogen-bond acceptors (Lipinski definition) is 6. The van der Waals surface area contributed by atoms with Crippen molar-refractivity contribution in [1.29, 1.82) is 0 Å². The van der Waals surface area contributed by atoms with Gasteiger partial charge in [0.05, 0.1) is 18.4 Å². The Kier molecular flexibility index (Phi) is 5.75. The molecule has 0 aliphatic carbocycles. The Hall–Kier alpha value is -3.04. The van der Waals surface area contributed by atoms with Crippen molar-refractivity contribution in [3.8, 4) is 5.69 Å². The summed E-state index contributed by atoms with van der Waals surface area (Å²) >= 11 is 0. The third-order valence-electron chi connectivity index (χ3n) is 5.76. The average Bonchev–Trinajstić information content (AvgIpc) is 3.45. The summed E-state index contributed by atoms with van der Waals surface area (Å²) in [7, 11) is 0. The molecule has 7 nitrogen and oxygen atoms in total. The van der Waals surface area contributed by atoms with Crippen LogP contribution in [0.25, 0.3) is 5.69 Å². The molecule has 2 aromatic carbocycles. The van der Waals surface area contributed by atoms with Crippen LogP contribution in [0, 0.1) is 18.6 Å². The lowest BCUT2D eigenvalue weighted by Gasteiger charge is -2.37. The molecule has 5 rings (SSSR count). The van der Waals surface area contributed by atoms with Crippen molar-refractivity contribution in [2.24, 2.45) is 0 Å². The third-order valence-corrected chi connectivity index (χ3v) is 5.76. The standard InChI is InChI=1S/C23H25F2N5O2.H2/c1-15-7-18(27-23-26-14-30(28-23)20-10-16(24)9-17(25)11-20)12-19(8-15)29-4-6-32-22(13-29)21-3-2-5-31-21;/h7-12,14,21-22H,2-6,13H2,1H3,(H,27,28);1H. The lowest BCUT2D eigenvalue weighted by molar-refractivity contribution is -0.0543. The maximum atomic E-state index is 13.5. The van der Waals surface area contributed by atoms with Gasteiger partial charge in [0.25, 0.3) is 0 Å². The fourth-order valence-electron chi connectivity index (χ4n) is 4.29. The fourth-order valence-corrected chi connectivity index (χ4v) is 4.29. The zero-order valence-electron chi connectivity index (χ0n) is 17.8. The predicted octanol–water partition coefficient (Wildman–Crippen LogP) is 4.23. The second kappa shape index (κ2) is 8.84. The lowest BCUT2D eigenvalue weighted by Crippen LogP contribution is -2.47. The van der Waals surface area contributed by atoms with Crippen molar-refractivity contribution in [2.45, 2.75) is 32.0 Å². The molecule has 1 aromatic heterocycles. The zero-order chi connectivity index (χ0) is 22.1. The van der Waals surface area contributed by atoms with Crippen LogP contribution in [-0.4, -0.2) is 53.3 Å². The van der Waals surface area contributed by atoms with Gasteiger partial charge in [0.1, 0.15) is 24.1 Å². The molecule has 3 heterocycles. The first kappa shape index (κ1) is 20.8. The van der Waals surface area contributed by atoms with Gasteiger partial charge in [-0.15, -0.1) is 5.10 Å². The van der Waals surface area contributed by atoms with Crippen LogP contribution in [-0.2, 0) is 9.47 Å². The Bertz CT molecular complexity index is 1090. The summed E-state index contributed by atoms with van der Waals surface area (Å²) < 4.78 is 40.2. The second-order valence-electron chi connectivity index (χ2n) is 8.23. The van der Waals surface area contributed by atoms with Crippen LogP contribution < -0.4 is 10.2 Å². The molecule has 3 aromatic rings. The fraction of sp³-hybridized carbons (Fsp3) is 0.391. The summed E-state index contributed by atoms with van der Waals surface area (Å²) in [6.45, 7) is 5.10. The van der Waals surface area contributed by atoms with Gasteiger partial charge >= 0.3 is 0 Å². The Balaban J connectivity index is 0.00000259. The first-order valence-electron chi connectivity index (χ1n) is 10.8. The highest BCUT2D eigenvalue weighted by Gasteiger charge is 2.31. The molecule has 0 amide bonds. The molecule has 2 atom stereocenters. The summed E-state index contributed by atoms with van der Waals surface area (Å²) in [5.74, 6) is -0.995. The summed E-state index contributed by atoms with van der Waals surface area (Å²) in [4.78, 5) is 6.54. The molecule has 0 bridgehead atoms. The minimum absolute atomic E-state index is 0. The van der Waals surface area contributed by atoms with E-state index in [0.29, 0.717) is 12.6 Å². The van der Waals surface area contributed by atoms with Gasteiger partial charge in [0.15, 0.2) is 0 Å². The number of halogens is 2. The van der Waals surface area contributed by atoms with E-state index >= 15 is 0 Å². The van der Waals surface area contributed by atoms with Gasteiger partial charge in [-0.1, -0.05) is 0 Å². The molecular formula is C23H27F2N5O2. The third kappa shape index (κ3) is 4.58. The van der Waals surface area contributed by atoms with Gasteiger partial charge in [0.2, 0.25) is 5.95 Å². The van der Waals surface area contributed by atoms with Crippen LogP contribution in [0.2, 0.25) is 0 Å². The first-order chi connectivity index (χ1) is 15.5. The van der Waals surface area contributed by atoms with E-state index in [-0.39, 0.29) is 19.3 Å². The molecular weight excluding hydrogens is 416 g/mol. The molecule has 2 fully saturated rings. The summed E-state index contributed by atoms with van der Waals surface area (Å²) in [5.41, 5.74) is 3.28. The number of aryl methyl sites for hydroxylation is 1. The van der Waals surface area contributed by atoms with Gasteiger partial charge < -0.3 is 19.7 Å². The first-order valence-corrected chi connectivity index (χ1v) is 10.8. The van der Waals surface area contributed by atoms with Crippen molar-refractivity contribution in [3.05, 3.63) is 59.9 Å². The van der Waals surface area contributed by atoms with E-state index in [2.05, 4.69) is 26.4 Å². The highest BCUT2D eigenvalue weighted by molar-refractivity contribution is 5.64. The van der Waals surface area contributed by atoms with Crippen LogP contribution in [0.15, 0.2) is 42.7 Å². The minimum Gasteiger partial charge on any atom is -0.375 e. The lowest BCUT2D eigenvalue weighted by atomic mass is 10.1. The van der Waals surface area contributed by atoms with E-state index in [1.807, 2.05) is 19.1 Å². The van der Waals surface area contributed by atoms with Crippen LogP contribution in [0.3, 0.4) is 0 Å². The Morgan fingerprint density at radius 1 is 1.00 bits per heavy atom. The number of nitrogens with zero attached hydrogens (tertiary/aromatic N) is 4. The molecule has 9 heteroatoms. The number of benzene rings is 2. The van der Waals surface area contributed by atoms with Crippen molar-refractivity contribution in [1.82, 2.24) is 14.8 Å². The number of anilines is 3. The summed E-state index contributed by atoms with van der Waals surface area (Å²) in [6, 6.07) is 9.43. The van der Waals surface area contributed by atoms with E-state index in [1.165, 1.54) is 23.1 Å². The second-order valence-corrected chi connectivity index (χ2v) is 8.23. The van der Waals surface area contributed by atoms with Crippen molar-refractivity contribution in [2.75, 3.05) is 36.5 Å². The van der Waals surface area contributed by atoms with E-state index < -0.39 is 11.6 Å². The van der Waals surface area contributed by atoms with Crippen LogP contribution in [0.1, 0.15) is 19.8 Å². The van der Waals surface area contributed by atoms with Crippen molar-refractivity contribution in [3.63, 3.8) is 0 Å². The van der Waals surface area contributed by atoms with Crippen molar-refractivity contribution < 1.29 is 19.7 Å². The largest absolute Gasteiger partial charge is 0.375 e. The topological polar surface area (TPSA) is 64.4 Å².